The lowest BCUT2D eigenvalue weighted by molar-refractivity contribution is -0.704. The summed E-state index contributed by atoms with van der Waals surface area (Å²) in [6.07, 6.45) is 5.68. The van der Waals surface area contributed by atoms with Gasteiger partial charge in [0.05, 0.1) is 6.61 Å². The monoisotopic (exact) mass is 692 g/mol. The molecule has 10 heteroatoms. The van der Waals surface area contributed by atoms with Gasteiger partial charge < -0.3 is 26.5 Å². The lowest BCUT2D eigenvalue weighted by Crippen LogP contribution is -3.00. The summed E-state index contributed by atoms with van der Waals surface area (Å²) in [5.41, 5.74) is 1.69. The highest BCUT2D eigenvalue weighted by Gasteiger charge is 2.20. The number of halogens is 6. The second-order valence-electron chi connectivity index (χ2n) is 7.85. The molecule has 4 aromatic rings. The third kappa shape index (κ3) is 8.38. The summed E-state index contributed by atoms with van der Waals surface area (Å²) in [6, 6.07) is 18.6. The fourth-order valence-corrected chi connectivity index (χ4v) is 4.76. The smallest absolute Gasteiger partial charge is 0.243 e. The molecule has 0 radical (unpaired) electrons. The van der Waals surface area contributed by atoms with E-state index < -0.39 is 0 Å². The van der Waals surface area contributed by atoms with Crippen molar-refractivity contribution < 1.29 is 31.0 Å². The van der Waals surface area contributed by atoms with Crippen LogP contribution in [-0.2, 0) is 24.4 Å². The van der Waals surface area contributed by atoms with Crippen molar-refractivity contribution in [3.8, 4) is 5.75 Å². The van der Waals surface area contributed by atoms with Gasteiger partial charge in [-0.3, -0.25) is 0 Å². The molecule has 4 rings (SSSR count). The number of hydrogen-bond donors (Lipinski definition) is 0. The molecule has 36 heavy (non-hydrogen) atoms. The Balaban J connectivity index is 0.00000361. The Kier molecular flexibility index (Phi) is 11.4. The van der Waals surface area contributed by atoms with E-state index in [0.717, 1.165) is 21.3 Å². The van der Waals surface area contributed by atoms with Crippen molar-refractivity contribution in [2.45, 2.75) is 25.8 Å². The SMILES string of the molecule is Clc1ccc(COC(C[n+]2ccn(CCOc3ccc(Br)cc3)c2)c2ccc(Cl)cc2Cl)c(Cl)c1.[Br-]. The molecule has 0 aliphatic carbocycles. The van der Waals surface area contributed by atoms with E-state index in [1.807, 2.05) is 61.2 Å². The maximum atomic E-state index is 6.52. The normalized spacial score (nSPS) is 11.7. The average molecular weight is 696 g/mol. The van der Waals surface area contributed by atoms with E-state index in [0.29, 0.717) is 46.4 Å². The zero-order chi connectivity index (χ0) is 24.8. The van der Waals surface area contributed by atoms with E-state index in [2.05, 4.69) is 25.1 Å². The van der Waals surface area contributed by atoms with Gasteiger partial charge in [0, 0.05) is 30.1 Å². The first-order valence-corrected chi connectivity index (χ1v) is 13.1. The van der Waals surface area contributed by atoms with Gasteiger partial charge in [-0.15, -0.1) is 0 Å². The molecule has 1 aromatic heterocycles. The van der Waals surface area contributed by atoms with Crippen LogP contribution in [0.5, 0.6) is 5.75 Å². The molecule has 0 aliphatic heterocycles. The molecule has 0 aliphatic rings. The molecule has 0 saturated heterocycles. The summed E-state index contributed by atoms with van der Waals surface area (Å²) in [5, 5.41) is 2.26. The first kappa shape index (κ1) is 29.3. The van der Waals surface area contributed by atoms with Crippen LogP contribution < -0.4 is 26.3 Å². The van der Waals surface area contributed by atoms with Gasteiger partial charge in [0.25, 0.3) is 0 Å². The maximum absolute atomic E-state index is 6.52. The van der Waals surface area contributed by atoms with Crippen molar-refractivity contribution in [2.75, 3.05) is 6.61 Å². The average Bonchev–Trinajstić information content (AvgIpc) is 3.26. The number of aromatic nitrogens is 2. The molecule has 4 nitrogen and oxygen atoms in total. The van der Waals surface area contributed by atoms with Crippen molar-refractivity contribution in [1.82, 2.24) is 4.57 Å². The van der Waals surface area contributed by atoms with Crippen molar-refractivity contribution >= 4 is 62.3 Å². The Labute approximate surface area is 249 Å². The Bertz CT molecular complexity index is 1290. The third-order valence-electron chi connectivity index (χ3n) is 5.32. The first-order chi connectivity index (χ1) is 16.9. The van der Waals surface area contributed by atoms with Crippen LogP contribution in [0.4, 0.5) is 0 Å². The molecule has 1 unspecified atom stereocenters. The number of nitrogens with zero attached hydrogens (tertiary/aromatic N) is 2. The predicted octanol–water partition coefficient (Wildman–Crippen LogP) is 5.19. The second-order valence-corrected chi connectivity index (χ2v) is 10.5. The minimum absolute atomic E-state index is 0. The fourth-order valence-electron chi connectivity index (χ4n) is 3.50. The minimum atomic E-state index is -0.327. The van der Waals surface area contributed by atoms with E-state index in [4.69, 9.17) is 55.9 Å². The van der Waals surface area contributed by atoms with Crippen LogP contribution in [0.2, 0.25) is 20.1 Å². The number of ether oxygens (including phenoxy) is 2. The van der Waals surface area contributed by atoms with Gasteiger partial charge in [-0.2, -0.15) is 0 Å². The molecular formula is C26H22Br2Cl4N2O2. The fraction of sp³-hybridized carbons (Fsp3) is 0.192. The summed E-state index contributed by atoms with van der Waals surface area (Å²) >= 11 is 28.4. The molecule has 0 saturated carbocycles. The van der Waals surface area contributed by atoms with Crippen LogP contribution in [0.1, 0.15) is 17.2 Å². The summed E-state index contributed by atoms with van der Waals surface area (Å²) in [4.78, 5) is 0. The molecule has 0 bridgehead atoms. The van der Waals surface area contributed by atoms with Crippen molar-refractivity contribution in [3.05, 3.63) is 115 Å². The third-order valence-corrected chi connectivity index (χ3v) is 7.00. The molecule has 1 heterocycles. The molecule has 0 spiro atoms. The van der Waals surface area contributed by atoms with Crippen LogP contribution in [0.15, 0.2) is 83.9 Å². The number of benzene rings is 3. The Morgan fingerprint density at radius 1 is 0.889 bits per heavy atom. The molecule has 1 atom stereocenters. The van der Waals surface area contributed by atoms with E-state index >= 15 is 0 Å². The van der Waals surface area contributed by atoms with Gasteiger partial charge in [-0.05, 0) is 54.1 Å². The van der Waals surface area contributed by atoms with Crippen LogP contribution in [0.25, 0.3) is 0 Å². The lowest BCUT2D eigenvalue weighted by Gasteiger charge is -2.19. The zero-order valence-electron chi connectivity index (χ0n) is 18.9. The van der Waals surface area contributed by atoms with E-state index in [9.17, 15) is 0 Å². The summed E-state index contributed by atoms with van der Waals surface area (Å²) in [7, 11) is 0. The van der Waals surface area contributed by atoms with Crippen LogP contribution in [-0.4, -0.2) is 11.2 Å². The second kappa shape index (κ2) is 14.1. The molecule has 3 aromatic carbocycles. The van der Waals surface area contributed by atoms with Gasteiger partial charge in [-0.1, -0.05) is 74.5 Å². The molecular weight excluding hydrogens is 674 g/mol. The van der Waals surface area contributed by atoms with Gasteiger partial charge >= 0.3 is 0 Å². The zero-order valence-corrected chi connectivity index (χ0v) is 25.1. The van der Waals surface area contributed by atoms with Crippen LogP contribution in [0.3, 0.4) is 0 Å². The topological polar surface area (TPSA) is 27.3 Å². The quantitative estimate of drug-likeness (QED) is 0.214. The Hall–Kier alpha value is -1.25. The van der Waals surface area contributed by atoms with Crippen molar-refractivity contribution in [3.63, 3.8) is 0 Å². The van der Waals surface area contributed by atoms with Gasteiger partial charge in [-0.25, -0.2) is 9.13 Å². The highest BCUT2D eigenvalue weighted by Crippen LogP contribution is 2.31. The number of imidazole rings is 1. The summed E-state index contributed by atoms with van der Waals surface area (Å²) in [5.74, 6) is 0.833. The van der Waals surface area contributed by atoms with E-state index in [1.54, 1.807) is 18.2 Å². The van der Waals surface area contributed by atoms with E-state index in [-0.39, 0.29) is 23.1 Å². The molecule has 0 fully saturated rings. The highest BCUT2D eigenvalue weighted by molar-refractivity contribution is 9.10. The Morgan fingerprint density at radius 3 is 2.28 bits per heavy atom. The first-order valence-electron chi connectivity index (χ1n) is 10.8. The van der Waals surface area contributed by atoms with Crippen molar-refractivity contribution in [1.29, 1.82) is 0 Å². The minimum Gasteiger partial charge on any atom is -1.00 e. The summed E-state index contributed by atoms with van der Waals surface area (Å²) in [6.45, 7) is 2.11. The predicted molar refractivity (Wildman–Crippen MR) is 145 cm³/mol. The van der Waals surface area contributed by atoms with Gasteiger partial charge in [0.15, 0.2) is 0 Å². The van der Waals surface area contributed by atoms with E-state index in [1.165, 1.54) is 0 Å². The maximum Gasteiger partial charge on any atom is 0.243 e. The number of hydrogen-bond acceptors (Lipinski definition) is 2. The highest BCUT2D eigenvalue weighted by atomic mass is 79.9. The molecule has 0 N–H and O–H groups in total. The standard InChI is InChI=1S/C26H22BrCl4N2O2.BrH/c27-19-2-6-22(7-3-19)34-12-11-32-9-10-33(17-32)15-26(23-8-5-21(29)14-25(23)31)35-16-18-1-4-20(28)13-24(18)30;/h1-10,13-14,17,26H,11-12,15-16H2;1H/q+1;/p-1. The molecule has 190 valence electrons. The van der Waals surface area contributed by atoms with Gasteiger partial charge in [0.2, 0.25) is 6.33 Å². The Morgan fingerprint density at radius 2 is 1.58 bits per heavy atom. The van der Waals surface area contributed by atoms with Crippen LogP contribution in [0, 0.1) is 0 Å². The van der Waals surface area contributed by atoms with Crippen LogP contribution >= 0.6 is 62.3 Å². The molecule has 0 amide bonds. The van der Waals surface area contributed by atoms with Gasteiger partial charge in [0.1, 0.15) is 43.9 Å². The lowest BCUT2D eigenvalue weighted by atomic mass is 10.1. The largest absolute Gasteiger partial charge is 1.00 e. The van der Waals surface area contributed by atoms with Crippen molar-refractivity contribution in [2.24, 2.45) is 0 Å². The summed E-state index contributed by atoms with van der Waals surface area (Å²) < 4.78 is 17.3. The number of rotatable bonds is 10.